The van der Waals surface area contributed by atoms with Gasteiger partial charge in [-0.05, 0) is 36.8 Å². The van der Waals surface area contributed by atoms with Crippen molar-refractivity contribution in [1.82, 2.24) is 9.78 Å². The molecule has 1 heterocycles. The first-order valence-corrected chi connectivity index (χ1v) is 8.65. The molecule has 0 bridgehead atoms. The van der Waals surface area contributed by atoms with E-state index in [0.717, 1.165) is 6.42 Å². The molecule has 1 amide bonds. The number of nitrogens with one attached hydrogen (secondary N) is 1. The number of carbonyl (C=O) groups is 2. The maximum absolute atomic E-state index is 12.3. The van der Waals surface area contributed by atoms with E-state index >= 15 is 0 Å². The quantitative estimate of drug-likeness (QED) is 0.381. The van der Waals surface area contributed by atoms with Crippen LogP contribution in [0.25, 0.3) is 10.9 Å². The number of benzene rings is 2. The van der Waals surface area contributed by atoms with E-state index < -0.39 is 10.9 Å². The van der Waals surface area contributed by atoms with Gasteiger partial charge in [-0.2, -0.15) is 5.10 Å². The van der Waals surface area contributed by atoms with Crippen LogP contribution in [0, 0.1) is 10.1 Å². The Morgan fingerprint density at radius 3 is 2.64 bits per heavy atom. The van der Waals surface area contributed by atoms with E-state index in [9.17, 15) is 19.7 Å². The number of ether oxygens (including phenoxy) is 1. The molecule has 1 aromatic heterocycles. The second-order valence-electron chi connectivity index (χ2n) is 6.06. The zero-order chi connectivity index (χ0) is 20.1. The maximum Gasteiger partial charge on any atom is 0.338 e. The Bertz CT molecular complexity index is 1030. The number of esters is 1. The fourth-order valence-electron chi connectivity index (χ4n) is 2.60. The number of aromatic nitrogens is 2. The summed E-state index contributed by atoms with van der Waals surface area (Å²) in [4.78, 5) is 34.5. The number of amides is 1. The molecule has 3 rings (SSSR count). The molecule has 0 unspecified atom stereocenters. The summed E-state index contributed by atoms with van der Waals surface area (Å²) in [6, 6.07) is 10.7. The third-order valence-corrected chi connectivity index (χ3v) is 3.97. The second-order valence-corrected chi connectivity index (χ2v) is 6.06. The molecule has 144 valence electrons. The van der Waals surface area contributed by atoms with Crippen molar-refractivity contribution in [2.24, 2.45) is 0 Å². The van der Waals surface area contributed by atoms with Gasteiger partial charge in [0.2, 0.25) is 5.91 Å². The topological polar surface area (TPSA) is 116 Å². The van der Waals surface area contributed by atoms with Gasteiger partial charge in [-0.25, -0.2) is 4.79 Å². The van der Waals surface area contributed by atoms with Crippen LogP contribution in [0.2, 0.25) is 0 Å². The highest BCUT2D eigenvalue weighted by molar-refractivity contribution is 5.93. The molecule has 0 aliphatic carbocycles. The minimum absolute atomic E-state index is 0.0693. The van der Waals surface area contributed by atoms with Crippen molar-refractivity contribution in [1.29, 1.82) is 0 Å². The average molecular weight is 382 g/mol. The summed E-state index contributed by atoms with van der Waals surface area (Å²) >= 11 is 0. The number of nitrogens with zero attached hydrogens (tertiary/aromatic N) is 3. The number of fused-ring (bicyclic) bond motifs is 1. The average Bonchev–Trinajstić information content (AvgIpc) is 3.08. The lowest BCUT2D eigenvalue weighted by Gasteiger charge is -2.08. The van der Waals surface area contributed by atoms with Crippen LogP contribution in [0.5, 0.6) is 0 Å². The molecule has 0 saturated heterocycles. The molecule has 3 aromatic rings. The molecule has 1 N–H and O–H groups in total. The summed E-state index contributed by atoms with van der Waals surface area (Å²) in [5.41, 5.74) is 1.34. The van der Waals surface area contributed by atoms with Gasteiger partial charge in [0, 0.05) is 23.2 Å². The van der Waals surface area contributed by atoms with Crippen LogP contribution >= 0.6 is 0 Å². The van der Waals surface area contributed by atoms with Crippen LogP contribution < -0.4 is 5.32 Å². The summed E-state index contributed by atoms with van der Waals surface area (Å²) in [5, 5.41) is 18.5. The minimum Gasteiger partial charge on any atom is -0.462 e. The normalized spacial score (nSPS) is 10.6. The molecular formula is C19H18N4O5. The monoisotopic (exact) mass is 382 g/mol. The Morgan fingerprint density at radius 2 is 1.96 bits per heavy atom. The van der Waals surface area contributed by atoms with E-state index in [1.807, 2.05) is 6.92 Å². The van der Waals surface area contributed by atoms with E-state index in [1.54, 1.807) is 36.5 Å². The third kappa shape index (κ3) is 4.32. The molecule has 28 heavy (non-hydrogen) atoms. The van der Waals surface area contributed by atoms with Crippen molar-refractivity contribution < 1.29 is 19.2 Å². The molecule has 9 nitrogen and oxygen atoms in total. The van der Waals surface area contributed by atoms with Crippen LogP contribution in [-0.2, 0) is 16.1 Å². The van der Waals surface area contributed by atoms with Crippen molar-refractivity contribution in [3.8, 4) is 0 Å². The van der Waals surface area contributed by atoms with Gasteiger partial charge in [-0.15, -0.1) is 0 Å². The van der Waals surface area contributed by atoms with Gasteiger partial charge in [0.05, 0.1) is 28.8 Å². The van der Waals surface area contributed by atoms with Gasteiger partial charge in [0.25, 0.3) is 5.69 Å². The summed E-state index contributed by atoms with van der Waals surface area (Å²) in [5.74, 6) is -0.762. The number of nitro benzene ring substituents is 1. The van der Waals surface area contributed by atoms with Gasteiger partial charge in [0.1, 0.15) is 6.54 Å². The fourth-order valence-corrected chi connectivity index (χ4v) is 2.60. The predicted octanol–water partition coefficient (Wildman–Crippen LogP) is 3.15. The molecule has 2 aromatic carbocycles. The number of non-ortho nitro benzene ring substituents is 1. The van der Waals surface area contributed by atoms with E-state index in [4.69, 9.17) is 4.74 Å². The lowest BCUT2D eigenvalue weighted by molar-refractivity contribution is -0.384. The lowest BCUT2D eigenvalue weighted by Crippen LogP contribution is -2.19. The summed E-state index contributed by atoms with van der Waals surface area (Å²) in [6.07, 6.45) is 2.29. The van der Waals surface area contributed by atoms with Gasteiger partial charge < -0.3 is 10.1 Å². The molecule has 0 fully saturated rings. The van der Waals surface area contributed by atoms with Crippen molar-refractivity contribution in [3.63, 3.8) is 0 Å². The highest BCUT2D eigenvalue weighted by atomic mass is 16.6. The summed E-state index contributed by atoms with van der Waals surface area (Å²) < 4.78 is 6.45. The Hall–Kier alpha value is -3.75. The predicted molar refractivity (Wildman–Crippen MR) is 102 cm³/mol. The van der Waals surface area contributed by atoms with Crippen molar-refractivity contribution >= 4 is 34.2 Å². The van der Waals surface area contributed by atoms with E-state index in [2.05, 4.69) is 10.4 Å². The number of rotatable bonds is 7. The zero-order valence-electron chi connectivity index (χ0n) is 15.1. The zero-order valence-corrected chi connectivity index (χ0v) is 15.1. The smallest absolute Gasteiger partial charge is 0.338 e. The molecule has 0 atom stereocenters. The highest BCUT2D eigenvalue weighted by Crippen LogP contribution is 2.20. The SMILES string of the molecule is CCCOC(=O)c1ccc(NC(=O)Cn2ncc3ccc([N+](=O)[O-])cc32)cc1. The van der Waals surface area contributed by atoms with Crippen molar-refractivity contribution in [3.05, 3.63) is 64.3 Å². The molecule has 0 saturated carbocycles. The second kappa shape index (κ2) is 8.30. The molecule has 0 aliphatic heterocycles. The number of carbonyl (C=O) groups excluding carboxylic acids is 2. The first kappa shape index (κ1) is 19.0. The molecule has 0 spiro atoms. The highest BCUT2D eigenvalue weighted by Gasteiger charge is 2.13. The van der Waals surface area contributed by atoms with Gasteiger partial charge in [-0.3, -0.25) is 19.6 Å². The molecule has 0 aliphatic rings. The maximum atomic E-state index is 12.3. The fraction of sp³-hybridized carbons (Fsp3) is 0.211. The van der Waals surface area contributed by atoms with E-state index in [1.165, 1.54) is 16.8 Å². The summed E-state index contributed by atoms with van der Waals surface area (Å²) in [7, 11) is 0. The van der Waals surface area contributed by atoms with Gasteiger partial charge in [0.15, 0.2) is 0 Å². The van der Waals surface area contributed by atoms with Crippen LogP contribution in [-0.4, -0.2) is 33.2 Å². The van der Waals surface area contributed by atoms with Gasteiger partial charge in [-0.1, -0.05) is 6.92 Å². The number of hydrogen-bond donors (Lipinski definition) is 1. The molecular weight excluding hydrogens is 364 g/mol. The minimum atomic E-state index is -0.496. The van der Waals surface area contributed by atoms with E-state index in [0.29, 0.717) is 28.8 Å². The van der Waals surface area contributed by atoms with Crippen LogP contribution in [0.4, 0.5) is 11.4 Å². The van der Waals surface area contributed by atoms with Crippen molar-refractivity contribution in [2.75, 3.05) is 11.9 Å². The van der Waals surface area contributed by atoms with Crippen LogP contribution in [0.15, 0.2) is 48.7 Å². The number of nitro groups is 1. The van der Waals surface area contributed by atoms with Crippen molar-refractivity contribution in [2.45, 2.75) is 19.9 Å². The molecule has 0 radical (unpaired) electrons. The van der Waals surface area contributed by atoms with Gasteiger partial charge >= 0.3 is 5.97 Å². The Labute approximate surface area is 160 Å². The lowest BCUT2D eigenvalue weighted by atomic mass is 10.2. The summed E-state index contributed by atoms with van der Waals surface area (Å²) in [6.45, 7) is 2.16. The Balaban J connectivity index is 1.67. The number of hydrogen-bond acceptors (Lipinski definition) is 6. The largest absolute Gasteiger partial charge is 0.462 e. The number of anilines is 1. The van der Waals surface area contributed by atoms with E-state index in [-0.39, 0.29) is 18.1 Å². The van der Waals surface area contributed by atoms with Crippen LogP contribution in [0.3, 0.4) is 0 Å². The Morgan fingerprint density at radius 1 is 1.21 bits per heavy atom. The first-order chi connectivity index (χ1) is 13.5. The first-order valence-electron chi connectivity index (χ1n) is 8.65. The standard InChI is InChI=1S/C19H18N4O5/c1-2-9-28-19(25)13-3-6-15(7-4-13)21-18(24)12-22-17-10-16(23(26)27)8-5-14(17)11-20-22/h3-8,10-11H,2,9,12H2,1H3,(H,21,24). The third-order valence-electron chi connectivity index (χ3n) is 3.97. The Kier molecular flexibility index (Phi) is 5.64. The van der Waals surface area contributed by atoms with Crippen LogP contribution in [0.1, 0.15) is 23.7 Å². The molecule has 9 heteroatoms.